The van der Waals surface area contributed by atoms with Crippen LogP contribution in [-0.4, -0.2) is 96.7 Å². The zero-order valence-corrected chi connectivity index (χ0v) is 71.4. The molecule has 0 fully saturated rings. The number of carbonyl (C=O) groups excluding carboxylic acids is 4. The molecule has 3 N–H and O–H groups in total. The van der Waals surface area contributed by atoms with Crippen molar-refractivity contribution < 1.29 is 80.2 Å². The number of phosphoric acid groups is 2. The summed E-state index contributed by atoms with van der Waals surface area (Å²) in [5, 5.41) is 10.7. The molecule has 0 radical (unpaired) electrons. The minimum Gasteiger partial charge on any atom is -0.462 e. The van der Waals surface area contributed by atoms with E-state index in [0.29, 0.717) is 25.7 Å². The van der Waals surface area contributed by atoms with E-state index in [1.165, 1.54) is 295 Å². The highest BCUT2D eigenvalue weighted by molar-refractivity contribution is 7.47. The molecular weight excluding hydrogens is 1380 g/mol. The van der Waals surface area contributed by atoms with Crippen LogP contribution < -0.4 is 0 Å². The Morgan fingerprint density at radius 1 is 0.255 bits per heavy atom. The highest BCUT2D eigenvalue weighted by Gasteiger charge is 2.30. The predicted molar refractivity (Wildman–Crippen MR) is 437 cm³/mol. The maximum atomic E-state index is 13.2. The van der Waals surface area contributed by atoms with Crippen molar-refractivity contribution in [1.82, 2.24) is 0 Å². The summed E-state index contributed by atoms with van der Waals surface area (Å²) in [5.41, 5.74) is 0. The van der Waals surface area contributed by atoms with Crippen LogP contribution in [0.4, 0.5) is 0 Å². The monoisotopic (exact) mass is 1550 g/mol. The average molecular weight is 1550 g/mol. The van der Waals surface area contributed by atoms with Gasteiger partial charge in [-0.1, -0.05) is 420 Å². The number of rotatable bonds is 87. The van der Waals surface area contributed by atoms with Crippen molar-refractivity contribution in [3.05, 3.63) is 0 Å². The Hall–Kier alpha value is -1.94. The van der Waals surface area contributed by atoms with Crippen molar-refractivity contribution in [2.75, 3.05) is 39.6 Å². The van der Waals surface area contributed by atoms with Crippen LogP contribution in [0.3, 0.4) is 0 Å². The molecule has 630 valence electrons. The largest absolute Gasteiger partial charge is 0.472 e. The third-order valence-electron chi connectivity index (χ3n) is 20.5. The third kappa shape index (κ3) is 80.1. The van der Waals surface area contributed by atoms with Crippen molar-refractivity contribution in [3.63, 3.8) is 0 Å². The number of aliphatic hydroxyl groups is 1. The van der Waals surface area contributed by atoms with E-state index in [1.807, 2.05) is 0 Å². The van der Waals surface area contributed by atoms with Crippen LogP contribution in [-0.2, 0) is 65.4 Å². The van der Waals surface area contributed by atoms with E-state index < -0.39 is 97.5 Å². The first-order chi connectivity index (χ1) is 51.5. The smallest absolute Gasteiger partial charge is 0.462 e. The number of hydrogen-bond acceptors (Lipinski definition) is 15. The number of ether oxygens (including phenoxy) is 4. The molecule has 0 aliphatic heterocycles. The van der Waals surface area contributed by atoms with Crippen LogP contribution >= 0.6 is 15.6 Å². The van der Waals surface area contributed by atoms with Crippen LogP contribution in [0.25, 0.3) is 0 Å². The molecule has 17 nitrogen and oxygen atoms in total. The zero-order valence-electron chi connectivity index (χ0n) is 69.6. The molecule has 0 aliphatic rings. The third-order valence-corrected chi connectivity index (χ3v) is 22.4. The molecule has 2 unspecified atom stereocenters. The molecule has 19 heteroatoms. The minimum atomic E-state index is -4.97. The summed E-state index contributed by atoms with van der Waals surface area (Å²) < 4.78 is 69.0. The van der Waals surface area contributed by atoms with Crippen LogP contribution in [0, 0.1) is 5.92 Å². The summed E-state index contributed by atoms with van der Waals surface area (Å²) in [7, 11) is -9.93. The number of aliphatic hydroxyl groups excluding tert-OH is 1. The zero-order chi connectivity index (χ0) is 77.6. The quantitative estimate of drug-likeness (QED) is 0.0222. The van der Waals surface area contributed by atoms with Crippen LogP contribution in [0.2, 0.25) is 0 Å². The van der Waals surface area contributed by atoms with E-state index in [9.17, 15) is 43.2 Å². The molecule has 0 spiro atoms. The van der Waals surface area contributed by atoms with Gasteiger partial charge < -0.3 is 33.8 Å². The van der Waals surface area contributed by atoms with Gasteiger partial charge in [0, 0.05) is 25.7 Å². The molecule has 0 rings (SSSR count). The van der Waals surface area contributed by atoms with Crippen LogP contribution in [0.1, 0.15) is 471 Å². The van der Waals surface area contributed by atoms with Gasteiger partial charge in [-0.2, -0.15) is 0 Å². The summed E-state index contributed by atoms with van der Waals surface area (Å²) in [6.45, 7) is 7.41. The number of carbonyl (C=O) groups is 4. The number of esters is 4. The van der Waals surface area contributed by atoms with E-state index in [0.717, 1.165) is 95.8 Å². The van der Waals surface area contributed by atoms with Gasteiger partial charge in [-0.15, -0.1) is 0 Å². The molecule has 0 saturated heterocycles. The van der Waals surface area contributed by atoms with Gasteiger partial charge in [-0.25, -0.2) is 9.13 Å². The Labute approximate surface area is 651 Å². The van der Waals surface area contributed by atoms with Crippen LogP contribution in [0.5, 0.6) is 0 Å². The van der Waals surface area contributed by atoms with Crippen molar-refractivity contribution in [1.29, 1.82) is 0 Å². The first-order valence-corrected chi connectivity index (χ1v) is 48.1. The van der Waals surface area contributed by atoms with Crippen molar-refractivity contribution in [2.24, 2.45) is 5.92 Å². The van der Waals surface area contributed by atoms with Gasteiger partial charge in [0.2, 0.25) is 0 Å². The van der Waals surface area contributed by atoms with Gasteiger partial charge in [-0.3, -0.25) is 37.3 Å². The number of hydrogen-bond donors (Lipinski definition) is 3. The fourth-order valence-electron chi connectivity index (χ4n) is 13.6. The maximum absolute atomic E-state index is 13.2. The molecular formula is C87H170O17P2. The SMILES string of the molecule is CCCCCCCCCCCCCCCCCCCCC(=O)OC[C@H](COP(=O)(O)OC[C@@H](O)COP(=O)(O)OC[C@@H](COC(=O)CCCCCCCCCCCCCCC)OC(=O)CCCCCCCCCCCCCCCCCC)OC(=O)CCCCCCCCCCCCCCCCCCC(C)C. The molecule has 0 bridgehead atoms. The van der Waals surface area contributed by atoms with Crippen molar-refractivity contribution in [2.45, 2.75) is 490 Å². The Balaban J connectivity index is 5.26. The highest BCUT2D eigenvalue weighted by atomic mass is 31.2. The second-order valence-corrected chi connectivity index (χ2v) is 34.7. The Morgan fingerprint density at radius 2 is 0.434 bits per heavy atom. The molecule has 0 heterocycles. The van der Waals surface area contributed by atoms with E-state index in [4.69, 9.17) is 37.0 Å². The normalized spacial score (nSPS) is 13.7. The summed E-state index contributed by atoms with van der Waals surface area (Å²) >= 11 is 0. The molecule has 106 heavy (non-hydrogen) atoms. The Morgan fingerprint density at radius 3 is 0.642 bits per heavy atom. The second kappa shape index (κ2) is 79.7. The summed E-state index contributed by atoms with van der Waals surface area (Å²) in [6.07, 6.45) is 73.4. The van der Waals surface area contributed by atoms with E-state index in [-0.39, 0.29) is 25.7 Å². The standard InChI is InChI=1S/C87H170O17P2/c1-6-9-12-15-18-21-24-27-29-31-32-37-41-46-51-56-61-66-71-85(90)98-77-83(104-87(92)73-68-63-58-53-48-43-38-34-33-35-40-44-49-54-59-64-69-80(4)5)79-102-106(95,96)100-75-81(88)74-99-105(93,94)101-78-82(76-97-84(89)70-65-60-55-50-45-39-26-23-20-17-14-11-8-3)103-86(91)72-67-62-57-52-47-42-36-30-28-25-22-19-16-13-10-7-2/h80-83,88H,6-79H2,1-5H3,(H,93,94)(H,95,96)/t81-,82+,83+/m0/s1. The molecule has 0 aliphatic carbocycles. The predicted octanol–water partition coefficient (Wildman–Crippen LogP) is 26.8. The molecule has 5 atom stereocenters. The number of unbranched alkanes of at least 4 members (excludes halogenated alkanes) is 59. The summed E-state index contributed by atoms with van der Waals surface area (Å²) in [6, 6.07) is 0. The van der Waals surface area contributed by atoms with Gasteiger partial charge in [0.15, 0.2) is 12.2 Å². The van der Waals surface area contributed by atoms with Crippen LogP contribution in [0.15, 0.2) is 0 Å². The van der Waals surface area contributed by atoms with E-state index in [1.54, 1.807) is 0 Å². The van der Waals surface area contributed by atoms with Crippen molar-refractivity contribution in [3.8, 4) is 0 Å². The first-order valence-electron chi connectivity index (χ1n) is 45.1. The minimum absolute atomic E-state index is 0.109. The van der Waals surface area contributed by atoms with Crippen molar-refractivity contribution >= 4 is 39.5 Å². The fourth-order valence-corrected chi connectivity index (χ4v) is 15.2. The summed E-state index contributed by atoms with van der Waals surface area (Å²) in [5.74, 6) is -1.29. The molecule has 0 aromatic rings. The summed E-state index contributed by atoms with van der Waals surface area (Å²) in [4.78, 5) is 73.3. The van der Waals surface area contributed by atoms with E-state index in [2.05, 4.69) is 34.6 Å². The lowest BCUT2D eigenvalue weighted by Gasteiger charge is -2.21. The maximum Gasteiger partial charge on any atom is 0.472 e. The molecule has 0 saturated carbocycles. The average Bonchev–Trinajstić information content (AvgIpc) is 0.901. The van der Waals surface area contributed by atoms with Gasteiger partial charge in [-0.05, 0) is 31.6 Å². The molecule has 0 aromatic heterocycles. The Kier molecular flexibility index (Phi) is 78.2. The molecule has 0 amide bonds. The lowest BCUT2D eigenvalue weighted by molar-refractivity contribution is -0.161. The molecule has 0 aromatic carbocycles. The highest BCUT2D eigenvalue weighted by Crippen LogP contribution is 2.45. The van der Waals surface area contributed by atoms with Gasteiger partial charge in [0.25, 0.3) is 0 Å². The fraction of sp³-hybridized carbons (Fsp3) is 0.954. The lowest BCUT2D eigenvalue weighted by atomic mass is 10.0. The Bertz CT molecular complexity index is 2010. The first kappa shape index (κ1) is 104. The number of phosphoric ester groups is 2. The van der Waals surface area contributed by atoms with Gasteiger partial charge in [0.05, 0.1) is 26.4 Å². The second-order valence-electron chi connectivity index (χ2n) is 31.8. The van der Waals surface area contributed by atoms with Gasteiger partial charge >= 0.3 is 39.5 Å². The topological polar surface area (TPSA) is 237 Å². The van der Waals surface area contributed by atoms with E-state index >= 15 is 0 Å². The lowest BCUT2D eigenvalue weighted by Crippen LogP contribution is -2.30. The van der Waals surface area contributed by atoms with Gasteiger partial charge in [0.1, 0.15) is 19.3 Å².